The average molecular weight is 578 g/mol. The number of halogens is 1. The zero-order chi connectivity index (χ0) is 30.2. The van der Waals surface area contributed by atoms with Crippen LogP contribution in [0.2, 0.25) is 0 Å². The summed E-state index contributed by atoms with van der Waals surface area (Å²) in [5, 5.41) is 15.4. The van der Waals surface area contributed by atoms with E-state index in [9.17, 15) is 23.9 Å². The summed E-state index contributed by atoms with van der Waals surface area (Å²) in [4.78, 5) is 43.4. The minimum atomic E-state index is -0.885. The molecule has 3 aromatic carbocycles. The molecular formula is C31H36FN5O5. The van der Waals surface area contributed by atoms with E-state index in [1.807, 2.05) is 24.3 Å². The van der Waals surface area contributed by atoms with E-state index >= 15 is 0 Å². The van der Waals surface area contributed by atoms with Gasteiger partial charge >= 0.3 is 6.03 Å². The van der Waals surface area contributed by atoms with Crippen molar-refractivity contribution < 1.29 is 28.6 Å². The predicted octanol–water partition coefficient (Wildman–Crippen LogP) is 3.01. The Labute approximate surface area is 244 Å². The van der Waals surface area contributed by atoms with Crippen molar-refractivity contribution >= 4 is 17.8 Å². The first-order valence-corrected chi connectivity index (χ1v) is 13.6. The molecule has 0 aliphatic carbocycles. The van der Waals surface area contributed by atoms with Crippen molar-refractivity contribution in [3.8, 4) is 11.5 Å². The van der Waals surface area contributed by atoms with E-state index < -0.39 is 12.1 Å². The number of nitrogens with one attached hydrogen (secondary N) is 1. The minimum absolute atomic E-state index is 0.0953. The van der Waals surface area contributed by atoms with Crippen molar-refractivity contribution in [1.82, 2.24) is 25.1 Å². The number of hydrazine groups is 1. The molecule has 1 saturated heterocycles. The molecule has 4 rings (SSSR count). The molecule has 1 aliphatic rings. The number of benzene rings is 3. The largest absolute Gasteiger partial charge is 0.508 e. The van der Waals surface area contributed by atoms with E-state index in [1.165, 1.54) is 39.2 Å². The number of hydrogen-bond donors (Lipinski definition) is 2. The summed E-state index contributed by atoms with van der Waals surface area (Å²) in [5.74, 6) is -0.0786. The van der Waals surface area contributed by atoms with Crippen LogP contribution in [-0.4, -0.2) is 89.8 Å². The second-order valence-electron chi connectivity index (χ2n) is 10.2. The second kappa shape index (κ2) is 13.8. The number of carbonyl (C=O) groups is 3. The topological polar surface area (TPSA) is 106 Å². The molecular weight excluding hydrogens is 541 g/mol. The summed E-state index contributed by atoms with van der Waals surface area (Å²) in [6, 6.07) is 18.6. The molecule has 42 heavy (non-hydrogen) atoms. The smallest absolute Gasteiger partial charge is 0.333 e. The maximum Gasteiger partial charge on any atom is 0.333 e. The number of ether oxygens (including phenoxy) is 1. The van der Waals surface area contributed by atoms with Gasteiger partial charge in [-0.2, -0.15) is 0 Å². The molecule has 1 aliphatic heterocycles. The Morgan fingerprint density at radius 1 is 1.00 bits per heavy atom. The fourth-order valence-electron chi connectivity index (χ4n) is 4.71. The summed E-state index contributed by atoms with van der Waals surface area (Å²) in [7, 11) is 4.93. The van der Waals surface area contributed by atoms with Crippen LogP contribution in [0.5, 0.6) is 11.5 Å². The van der Waals surface area contributed by atoms with Gasteiger partial charge in [0.15, 0.2) is 0 Å². The molecule has 0 radical (unpaired) electrons. The third kappa shape index (κ3) is 7.76. The SMILES string of the molecule is COc1ccc(CCN(C)C(=O)[C@H](Cc2ccc(O)cc2)N2CN(C(=O)NCc3ccc(F)cc3)N(C)CC2=O)cc1. The van der Waals surface area contributed by atoms with Gasteiger partial charge in [-0.25, -0.2) is 19.2 Å². The number of rotatable bonds is 10. The van der Waals surface area contributed by atoms with Crippen LogP contribution in [0.25, 0.3) is 0 Å². The van der Waals surface area contributed by atoms with Gasteiger partial charge in [-0.05, 0) is 59.5 Å². The van der Waals surface area contributed by atoms with Crippen molar-refractivity contribution in [2.24, 2.45) is 0 Å². The average Bonchev–Trinajstić information content (AvgIpc) is 2.99. The van der Waals surface area contributed by atoms with Gasteiger partial charge in [0, 0.05) is 33.6 Å². The van der Waals surface area contributed by atoms with Gasteiger partial charge in [-0.1, -0.05) is 36.4 Å². The minimum Gasteiger partial charge on any atom is -0.508 e. The Morgan fingerprint density at radius 3 is 2.26 bits per heavy atom. The molecule has 3 aromatic rings. The zero-order valence-corrected chi connectivity index (χ0v) is 24.0. The number of carbonyl (C=O) groups excluding carboxylic acids is 3. The van der Waals surface area contributed by atoms with Crippen LogP contribution in [-0.2, 0) is 29.0 Å². The second-order valence-corrected chi connectivity index (χ2v) is 10.2. The lowest BCUT2D eigenvalue weighted by atomic mass is 10.0. The van der Waals surface area contributed by atoms with Gasteiger partial charge in [0.1, 0.15) is 30.0 Å². The standard InChI is InChI=1S/C31H36FN5O5/c1-34(17-16-22-8-14-27(42-3)15-9-22)30(40)28(18-23-6-12-26(38)13-7-23)36-21-37(35(2)20-29(36)39)31(41)33-19-24-4-10-25(32)11-5-24/h4-15,28,38H,16-21H2,1-3H3,(H,33,41)/t28-/m0/s1. The first kappa shape index (κ1) is 30.3. The van der Waals surface area contributed by atoms with Crippen molar-refractivity contribution in [1.29, 1.82) is 0 Å². The van der Waals surface area contributed by atoms with E-state index in [1.54, 1.807) is 50.4 Å². The van der Waals surface area contributed by atoms with Crippen LogP contribution in [0.4, 0.5) is 9.18 Å². The van der Waals surface area contributed by atoms with E-state index in [4.69, 9.17) is 4.74 Å². The van der Waals surface area contributed by atoms with Crippen molar-refractivity contribution in [2.75, 3.05) is 41.0 Å². The molecule has 222 valence electrons. The molecule has 0 saturated carbocycles. The molecule has 1 atom stereocenters. The van der Waals surface area contributed by atoms with E-state index in [2.05, 4.69) is 5.32 Å². The molecule has 0 unspecified atom stereocenters. The number of hydrogen-bond acceptors (Lipinski definition) is 6. The molecule has 10 nitrogen and oxygen atoms in total. The van der Waals surface area contributed by atoms with Crippen molar-refractivity contribution in [3.63, 3.8) is 0 Å². The Kier molecular flexibility index (Phi) is 9.98. The number of amides is 4. The molecule has 1 heterocycles. The van der Waals surface area contributed by atoms with Crippen LogP contribution < -0.4 is 10.1 Å². The molecule has 0 spiro atoms. The van der Waals surface area contributed by atoms with Gasteiger partial charge in [0.05, 0.1) is 13.7 Å². The highest BCUT2D eigenvalue weighted by atomic mass is 19.1. The summed E-state index contributed by atoms with van der Waals surface area (Å²) >= 11 is 0. The van der Waals surface area contributed by atoms with E-state index in [0.717, 1.165) is 22.4 Å². The first-order chi connectivity index (χ1) is 20.1. The lowest BCUT2D eigenvalue weighted by molar-refractivity contribution is -0.160. The fourth-order valence-corrected chi connectivity index (χ4v) is 4.71. The zero-order valence-electron chi connectivity index (χ0n) is 24.0. The maximum absolute atomic E-state index is 13.9. The van der Waals surface area contributed by atoms with Crippen LogP contribution in [0.15, 0.2) is 72.8 Å². The Hall–Kier alpha value is -4.64. The van der Waals surface area contributed by atoms with E-state index in [-0.39, 0.29) is 49.6 Å². The third-order valence-corrected chi connectivity index (χ3v) is 7.27. The van der Waals surface area contributed by atoms with Crippen LogP contribution >= 0.6 is 0 Å². The molecule has 0 aromatic heterocycles. The summed E-state index contributed by atoms with van der Waals surface area (Å²) < 4.78 is 18.5. The van der Waals surface area contributed by atoms with Crippen molar-refractivity contribution in [2.45, 2.75) is 25.4 Å². The predicted molar refractivity (Wildman–Crippen MR) is 155 cm³/mol. The fraction of sp³-hybridized carbons (Fsp3) is 0.323. The quantitative estimate of drug-likeness (QED) is 0.384. The van der Waals surface area contributed by atoms with Crippen LogP contribution in [0, 0.1) is 5.82 Å². The number of nitrogens with zero attached hydrogens (tertiary/aromatic N) is 4. The van der Waals surface area contributed by atoms with Crippen molar-refractivity contribution in [3.05, 3.63) is 95.3 Å². The Morgan fingerprint density at radius 2 is 1.62 bits per heavy atom. The summed E-state index contributed by atoms with van der Waals surface area (Å²) in [5.41, 5.74) is 2.51. The first-order valence-electron chi connectivity index (χ1n) is 13.6. The van der Waals surface area contributed by atoms with Crippen LogP contribution in [0.1, 0.15) is 16.7 Å². The number of urea groups is 1. The number of likely N-dealkylation sites (N-methyl/N-ethyl adjacent to an activating group) is 2. The normalized spacial score (nSPS) is 14.4. The number of phenolic OH excluding ortho intramolecular Hbond substituents is 1. The van der Waals surface area contributed by atoms with Gasteiger partial charge in [0.2, 0.25) is 11.8 Å². The molecule has 11 heteroatoms. The highest BCUT2D eigenvalue weighted by molar-refractivity contribution is 5.89. The highest BCUT2D eigenvalue weighted by Gasteiger charge is 2.39. The van der Waals surface area contributed by atoms with E-state index in [0.29, 0.717) is 13.0 Å². The number of methoxy groups -OCH3 is 1. The monoisotopic (exact) mass is 577 g/mol. The lowest BCUT2D eigenvalue weighted by Gasteiger charge is -2.44. The maximum atomic E-state index is 13.9. The molecule has 2 N–H and O–H groups in total. The Bertz CT molecular complexity index is 1370. The summed E-state index contributed by atoms with van der Waals surface area (Å²) in [6.45, 7) is 0.354. The highest BCUT2D eigenvalue weighted by Crippen LogP contribution is 2.20. The molecule has 1 fully saturated rings. The van der Waals surface area contributed by atoms with Gasteiger partial charge in [0.25, 0.3) is 0 Å². The number of aromatic hydroxyl groups is 1. The van der Waals surface area contributed by atoms with Gasteiger partial charge in [-0.3, -0.25) is 9.59 Å². The lowest BCUT2D eigenvalue weighted by Crippen LogP contribution is -2.65. The summed E-state index contributed by atoms with van der Waals surface area (Å²) in [6.07, 6.45) is 0.805. The molecule has 0 bridgehead atoms. The molecule has 4 amide bonds. The van der Waals surface area contributed by atoms with Crippen LogP contribution in [0.3, 0.4) is 0 Å². The third-order valence-electron chi connectivity index (χ3n) is 7.27. The number of phenols is 1. The van der Waals surface area contributed by atoms with Gasteiger partial charge < -0.3 is 25.0 Å². The van der Waals surface area contributed by atoms with Gasteiger partial charge in [-0.15, -0.1) is 0 Å². The Balaban J connectivity index is 1.50.